The summed E-state index contributed by atoms with van der Waals surface area (Å²) in [5, 5.41) is 8.93. The van der Waals surface area contributed by atoms with Crippen molar-refractivity contribution >= 4 is 10.0 Å². The Hall–Kier alpha value is -3.18. The van der Waals surface area contributed by atoms with E-state index in [1.165, 1.54) is 0 Å². The van der Waals surface area contributed by atoms with Gasteiger partial charge in [-0.15, -0.1) is 0 Å². The normalized spacial score (nSPS) is 16.3. The highest BCUT2D eigenvalue weighted by atomic mass is 32.2. The van der Waals surface area contributed by atoms with Gasteiger partial charge in [0.1, 0.15) is 5.75 Å². The van der Waals surface area contributed by atoms with Gasteiger partial charge in [0.05, 0.1) is 29.3 Å². The lowest BCUT2D eigenvalue weighted by molar-refractivity contribution is 0.214. The summed E-state index contributed by atoms with van der Waals surface area (Å²) in [5.74, 6) is 0.801. The predicted molar refractivity (Wildman–Crippen MR) is 133 cm³/mol. The topological polar surface area (TPSA) is 82.4 Å². The van der Waals surface area contributed by atoms with E-state index in [2.05, 4.69) is 15.7 Å². The fourth-order valence-electron chi connectivity index (χ4n) is 4.13. The van der Waals surface area contributed by atoms with Crippen LogP contribution in [0.5, 0.6) is 5.75 Å². The number of nitrogens with one attached hydrogen (secondary N) is 1. The molecule has 0 bridgehead atoms. The molecule has 0 radical (unpaired) electrons. The predicted octanol–water partition coefficient (Wildman–Crippen LogP) is 4.70. The summed E-state index contributed by atoms with van der Waals surface area (Å²) in [4.78, 5) is 2.49. The molecular formula is C27H29N3O3S. The summed E-state index contributed by atoms with van der Waals surface area (Å²) in [6, 6.07) is 24.5. The molecule has 1 fully saturated rings. The third kappa shape index (κ3) is 6.03. The van der Waals surface area contributed by atoms with E-state index in [4.69, 9.17) is 10.00 Å². The van der Waals surface area contributed by atoms with Crippen LogP contribution in [-0.2, 0) is 10.0 Å². The lowest BCUT2D eigenvalue weighted by Crippen LogP contribution is -2.44. The summed E-state index contributed by atoms with van der Waals surface area (Å²) in [5.41, 5.74) is 3.80. The van der Waals surface area contributed by atoms with Crippen LogP contribution in [0.3, 0.4) is 0 Å². The third-order valence-electron chi connectivity index (χ3n) is 6.05. The van der Waals surface area contributed by atoms with Crippen molar-refractivity contribution in [2.45, 2.75) is 37.2 Å². The second kappa shape index (κ2) is 10.8. The molecule has 0 aliphatic carbocycles. The summed E-state index contributed by atoms with van der Waals surface area (Å²) in [6.07, 6.45) is 2.40. The quantitative estimate of drug-likeness (QED) is 0.454. The molecule has 0 saturated carbocycles. The zero-order valence-corrected chi connectivity index (χ0v) is 20.1. The number of likely N-dealkylation sites (tertiary alicyclic amines) is 1. The lowest BCUT2D eigenvalue weighted by atomic mass is 10.0. The van der Waals surface area contributed by atoms with Gasteiger partial charge in [-0.25, -0.2) is 8.42 Å². The van der Waals surface area contributed by atoms with Crippen LogP contribution in [0, 0.1) is 18.3 Å². The van der Waals surface area contributed by atoms with Crippen LogP contribution < -0.4 is 9.46 Å². The molecule has 1 aliphatic heterocycles. The van der Waals surface area contributed by atoms with Crippen molar-refractivity contribution in [2.75, 3.05) is 19.7 Å². The first kappa shape index (κ1) is 24.0. The van der Waals surface area contributed by atoms with Crippen molar-refractivity contribution in [3.8, 4) is 22.9 Å². The molecule has 0 amide bonds. The van der Waals surface area contributed by atoms with E-state index in [1.807, 2.05) is 67.6 Å². The maximum atomic E-state index is 12.7. The standard InChI is InChI=1S/C27H29N3O3S/c1-21-5-15-26(16-6-21)34(31,32)29-27-4-2-17-30(27)18-3-19-33-25-13-11-24(12-14-25)23-9-7-22(20-28)8-10-23/h5-16,27,29H,2-4,17-19H2,1H3. The molecule has 1 atom stereocenters. The Morgan fingerprint density at radius 1 is 1.00 bits per heavy atom. The highest BCUT2D eigenvalue weighted by Gasteiger charge is 2.28. The van der Waals surface area contributed by atoms with Crippen LogP contribution in [-0.4, -0.2) is 39.2 Å². The highest BCUT2D eigenvalue weighted by Crippen LogP contribution is 2.23. The number of benzene rings is 3. The smallest absolute Gasteiger partial charge is 0.241 e. The SMILES string of the molecule is Cc1ccc(S(=O)(=O)NC2CCCN2CCCOc2ccc(-c3ccc(C#N)cc3)cc2)cc1. The van der Waals surface area contributed by atoms with Gasteiger partial charge in [0.15, 0.2) is 0 Å². The fourth-order valence-corrected chi connectivity index (χ4v) is 5.39. The van der Waals surface area contributed by atoms with E-state index < -0.39 is 10.0 Å². The Balaban J connectivity index is 1.25. The number of nitrogens with zero attached hydrogens (tertiary/aromatic N) is 2. The average molecular weight is 476 g/mol. The second-order valence-corrected chi connectivity index (χ2v) is 10.3. The first-order valence-electron chi connectivity index (χ1n) is 11.5. The minimum Gasteiger partial charge on any atom is -0.494 e. The van der Waals surface area contributed by atoms with Crippen LogP contribution in [0.4, 0.5) is 0 Å². The first-order valence-corrected chi connectivity index (χ1v) is 13.0. The van der Waals surface area contributed by atoms with Crippen LogP contribution in [0.2, 0.25) is 0 Å². The third-order valence-corrected chi connectivity index (χ3v) is 7.52. The molecule has 3 aromatic rings. The Labute approximate surface area is 201 Å². The minimum absolute atomic E-state index is 0.182. The molecule has 1 aliphatic rings. The van der Waals surface area contributed by atoms with Crippen molar-refractivity contribution in [3.05, 3.63) is 83.9 Å². The maximum Gasteiger partial charge on any atom is 0.241 e. The molecule has 1 heterocycles. The van der Waals surface area contributed by atoms with Crippen molar-refractivity contribution in [1.82, 2.24) is 9.62 Å². The second-order valence-electron chi connectivity index (χ2n) is 8.54. The fraction of sp³-hybridized carbons (Fsp3) is 0.296. The number of rotatable bonds is 9. The number of hydrogen-bond donors (Lipinski definition) is 1. The Morgan fingerprint density at radius 3 is 2.29 bits per heavy atom. The molecule has 1 unspecified atom stereocenters. The van der Waals surface area contributed by atoms with E-state index in [9.17, 15) is 8.42 Å². The van der Waals surface area contributed by atoms with Crippen LogP contribution >= 0.6 is 0 Å². The van der Waals surface area contributed by atoms with E-state index in [0.29, 0.717) is 17.1 Å². The molecule has 176 valence electrons. The molecular weight excluding hydrogens is 446 g/mol. The van der Waals surface area contributed by atoms with Gasteiger partial charge >= 0.3 is 0 Å². The molecule has 7 heteroatoms. The van der Waals surface area contributed by atoms with Gasteiger partial charge in [0.2, 0.25) is 10.0 Å². The largest absolute Gasteiger partial charge is 0.494 e. The van der Waals surface area contributed by atoms with E-state index in [0.717, 1.165) is 54.8 Å². The van der Waals surface area contributed by atoms with Gasteiger partial charge in [-0.05, 0) is 80.3 Å². The van der Waals surface area contributed by atoms with E-state index >= 15 is 0 Å². The van der Waals surface area contributed by atoms with E-state index in [-0.39, 0.29) is 6.17 Å². The minimum atomic E-state index is -3.54. The molecule has 34 heavy (non-hydrogen) atoms. The van der Waals surface area contributed by atoms with Crippen LogP contribution in [0.15, 0.2) is 77.7 Å². The van der Waals surface area contributed by atoms with Crippen molar-refractivity contribution in [3.63, 3.8) is 0 Å². The summed E-state index contributed by atoms with van der Waals surface area (Å²) in [7, 11) is -3.54. The van der Waals surface area contributed by atoms with Gasteiger partial charge in [-0.3, -0.25) is 4.90 Å². The lowest BCUT2D eigenvalue weighted by Gasteiger charge is -2.25. The summed E-state index contributed by atoms with van der Waals surface area (Å²) >= 11 is 0. The number of hydrogen-bond acceptors (Lipinski definition) is 5. The van der Waals surface area contributed by atoms with Gasteiger partial charge in [-0.1, -0.05) is 42.0 Å². The zero-order valence-electron chi connectivity index (χ0n) is 19.3. The molecule has 4 rings (SSSR count). The Bertz CT molecular complexity index is 1230. The van der Waals surface area contributed by atoms with Crippen molar-refractivity contribution in [1.29, 1.82) is 5.26 Å². The molecule has 0 spiro atoms. The zero-order chi connectivity index (χ0) is 24.0. The Morgan fingerprint density at radius 2 is 1.65 bits per heavy atom. The first-order chi connectivity index (χ1) is 16.4. The van der Waals surface area contributed by atoms with Gasteiger partial charge in [0, 0.05) is 6.54 Å². The van der Waals surface area contributed by atoms with Gasteiger partial charge in [0.25, 0.3) is 0 Å². The van der Waals surface area contributed by atoms with Gasteiger partial charge < -0.3 is 4.74 Å². The van der Waals surface area contributed by atoms with E-state index in [1.54, 1.807) is 12.1 Å². The van der Waals surface area contributed by atoms with Crippen molar-refractivity contribution < 1.29 is 13.2 Å². The molecule has 6 nitrogen and oxygen atoms in total. The summed E-state index contributed by atoms with van der Waals surface area (Å²) in [6.45, 7) is 4.14. The monoisotopic (exact) mass is 475 g/mol. The number of sulfonamides is 1. The van der Waals surface area contributed by atoms with Crippen LogP contribution in [0.1, 0.15) is 30.4 Å². The molecule has 0 aromatic heterocycles. The van der Waals surface area contributed by atoms with Crippen molar-refractivity contribution in [2.24, 2.45) is 0 Å². The molecule has 1 N–H and O–H groups in total. The molecule has 1 saturated heterocycles. The van der Waals surface area contributed by atoms with Crippen LogP contribution in [0.25, 0.3) is 11.1 Å². The number of nitriles is 1. The average Bonchev–Trinajstić information content (AvgIpc) is 3.28. The maximum absolute atomic E-state index is 12.7. The Kier molecular flexibility index (Phi) is 7.63. The highest BCUT2D eigenvalue weighted by molar-refractivity contribution is 7.89. The number of ether oxygens (including phenoxy) is 1. The van der Waals surface area contributed by atoms with Gasteiger partial charge in [-0.2, -0.15) is 9.98 Å². The summed E-state index contributed by atoms with van der Waals surface area (Å²) < 4.78 is 34.3. The number of aryl methyl sites for hydroxylation is 1. The molecule has 3 aromatic carbocycles.